The first-order valence-corrected chi connectivity index (χ1v) is 23.6. The van der Waals surface area contributed by atoms with Crippen LogP contribution in [0, 0.1) is 0 Å². The number of carboxylic acid groups (broad SMARTS) is 1. The third kappa shape index (κ3) is 37.7. The number of likely N-dealkylation sites (N-methyl/N-ethyl adjacent to an activating group) is 1. The first-order valence-electron chi connectivity index (χ1n) is 23.6. The van der Waals surface area contributed by atoms with Gasteiger partial charge in [0.05, 0.1) is 40.3 Å². The van der Waals surface area contributed by atoms with Crippen LogP contribution in [0.4, 0.5) is 0 Å². The van der Waals surface area contributed by atoms with E-state index in [-0.39, 0.29) is 42.7 Å². The van der Waals surface area contributed by atoms with Gasteiger partial charge in [0, 0.05) is 19.3 Å². The lowest BCUT2D eigenvalue weighted by Crippen LogP contribution is -2.55. The number of rotatable bonds is 43. The second-order valence-corrected chi connectivity index (χ2v) is 17.4. The van der Waals surface area contributed by atoms with Gasteiger partial charge in [0.1, 0.15) is 12.6 Å². The van der Waals surface area contributed by atoms with Gasteiger partial charge in [0.15, 0.2) is 6.10 Å². The van der Waals surface area contributed by atoms with Crippen LogP contribution < -0.4 is 5.11 Å². The highest BCUT2D eigenvalue weighted by atomic mass is 16.6. The van der Waals surface area contributed by atoms with Crippen LogP contribution in [0.3, 0.4) is 0 Å². The molecule has 0 spiro atoms. The number of carbonyl (C=O) groups excluding carboxylic acids is 3. The van der Waals surface area contributed by atoms with E-state index >= 15 is 0 Å². The molecule has 0 aromatic heterocycles. The highest BCUT2D eigenvalue weighted by Crippen LogP contribution is 2.16. The number of esters is 2. The number of carbonyl (C=O) groups is 3. The molecule has 0 N–H and O–H groups in total. The standard InChI is InChI=1S/C47H91NO7/c1-6-8-10-12-14-16-18-20-22-23-24-26-27-29-31-33-35-37-45(49)54-42-43(41-53-40-39-44(47(51)52)48(3,4)5)55-46(50)38-36-34-32-30-28-25-21-19-17-15-13-11-9-7-2/h43-44H,6-42H2,1-5H3. The molecular formula is C47H91NO7. The lowest BCUT2D eigenvalue weighted by molar-refractivity contribution is -0.889. The van der Waals surface area contributed by atoms with Crippen molar-refractivity contribution >= 4 is 17.9 Å². The van der Waals surface area contributed by atoms with Crippen molar-refractivity contribution in [3.05, 3.63) is 0 Å². The van der Waals surface area contributed by atoms with E-state index in [2.05, 4.69) is 13.8 Å². The first-order chi connectivity index (χ1) is 26.6. The van der Waals surface area contributed by atoms with Crippen molar-refractivity contribution in [1.82, 2.24) is 0 Å². The molecule has 0 saturated heterocycles. The predicted molar refractivity (Wildman–Crippen MR) is 227 cm³/mol. The Balaban J connectivity index is 4.24. The molecule has 326 valence electrons. The molecule has 0 aliphatic rings. The van der Waals surface area contributed by atoms with Gasteiger partial charge in [-0.3, -0.25) is 9.59 Å². The molecule has 0 rings (SSSR count). The van der Waals surface area contributed by atoms with Crippen molar-refractivity contribution in [2.75, 3.05) is 41.0 Å². The Morgan fingerprint density at radius 3 is 1.13 bits per heavy atom. The van der Waals surface area contributed by atoms with Gasteiger partial charge in [-0.2, -0.15) is 0 Å². The average molecular weight is 782 g/mol. The second kappa shape index (κ2) is 39.2. The fourth-order valence-corrected chi connectivity index (χ4v) is 7.31. The molecule has 0 amide bonds. The summed E-state index contributed by atoms with van der Waals surface area (Å²) in [4.78, 5) is 36.9. The van der Waals surface area contributed by atoms with Crippen molar-refractivity contribution in [1.29, 1.82) is 0 Å². The normalized spacial score (nSPS) is 12.8. The van der Waals surface area contributed by atoms with E-state index in [0.29, 0.717) is 12.8 Å². The van der Waals surface area contributed by atoms with Gasteiger partial charge >= 0.3 is 11.9 Å². The molecule has 8 heteroatoms. The molecule has 0 fully saturated rings. The monoisotopic (exact) mass is 782 g/mol. The molecule has 8 nitrogen and oxygen atoms in total. The van der Waals surface area contributed by atoms with Gasteiger partial charge in [0.25, 0.3) is 0 Å². The van der Waals surface area contributed by atoms with Crippen molar-refractivity contribution in [2.24, 2.45) is 0 Å². The van der Waals surface area contributed by atoms with Gasteiger partial charge in [-0.05, 0) is 12.8 Å². The molecule has 2 unspecified atom stereocenters. The molecule has 55 heavy (non-hydrogen) atoms. The van der Waals surface area contributed by atoms with Gasteiger partial charge in [0.2, 0.25) is 0 Å². The topological polar surface area (TPSA) is 102 Å². The maximum Gasteiger partial charge on any atom is 0.306 e. The van der Waals surface area contributed by atoms with Crippen LogP contribution in [0.5, 0.6) is 0 Å². The van der Waals surface area contributed by atoms with Crippen LogP contribution in [0.1, 0.15) is 232 Å². The number of carboxylic acids is 1. The van der Waals surface area contributed by atoms with Crippen molar-refractivity contribution < 1.29 is 38.2 Å². The zero-order valence-corrected chi connectivity index (χ0v) is 37.1. The predicted octanol–water partition coefficient (Wildman–Crippen LogP) is 11.6. The minimum absolute atomic E-state index is 0.0494. The fraction of sp³-hybridized carbons (Fsp3) is 0.936. The Kier molecular flexibility index (Phi) is 38.0. The summed E-state index contributed by atoms with van der Waals surface area (Å²) in [5, 5.41) is 11.6. The summed E-state index contributed by atoms with van der Waals surface area (Å²) < 4.78 is 17.2. The number of quaternary nitrogens is 1. The third-order valence-electron chi connectivity index (χ3n) is 11.0. The molecule has 0 saturated carbocycles. The summed E-state index contributed by atoms with van der Waals surface area (Å²) in [6.45, 7) is 4.71. The zero-order valence-electron chi connectivity index (χ0n) is 37.1. The average Bonchev–Trinajstić information content (AvgIpc) is 3.14. The van der Waals surface area contributed by atoms with E-state index in [4.69, 9.17) is 14.2 Å². The number of nitrogens with zero attached hydrogens (tertiary/aromatic N) is 1. The minimum atomic E-state index is -1.12. The lowest BCUT2D eigenvalue weighted by atomic mass is 10.0. The van der Waals surface area contributed by atoms with E-state index in [1.54, 1.807) is 0 Å². The summed E-state index contributed by atoms with van der Waals surface area (Å²) in [6, 6.07) is -0.719. The summed E-state index contributed by atoms with van der Waals surface area (Å²) in [5.74, 6) is -1.71. The summed E-state index contributed by atoms with van der Waals surface area (Å²) >= 11 is 0. The van der Waals surface area contributed by atoms with Crippen LogP contribution in [-0.4, -0.2) is 75.5 Å². The number of hydrogen-bond acceptors (Lipinski definition) is 7. The largest absolute Gasteiger partial charge is 0.544 e. The Labute approximate surface area is 340 Å². The molecule has 2 atom stereocenters. The van der Waals surface area contributed by atoms with Gasteiger partial charge in [-0.25, -0.2) is 0 Å². The van der Waals surface area contributed by atoms with Crippen molar-refractivity contribution in [2.45, 2.75) is 244 Å². The summed E-state index contributed by atoms with van der Waals surface area (Å²) in [7, 11) is 5.42. The first kappa shape index (κ1) is 53.3. The fourth-order valence-electron chi connectivity index (χ4n) is 7.31. The maximum atomic E-state index is 12.7. The van der Waals surface area contributed by atoms with E-state index < -0.39 is 18.1 Å². The Morgan fingerprint density at radius 2 is 0.800 bits per heavy atom. The number of aliphatic carboxylic acids is 1. The van der Waals surface area contributed by atoms with Crippen LogP contribution in [0.2, 0.25) is 0 Å². The van der Waals surface area contributed by atoms with E-state index in [1.807, 2.05) is 21.1 Å². The summed E-state index contributed by atoms with van der Waals surface area (Å²) in [5.41, 5.74) is 0. The Hall–Kier alpha value is -1.67. The van der Waals surface area contributed by atoms with Gasteiger partial charge in [-0.1, -0.05) is 200 Å². The number of hydrogen-bond donors (Lipinski definition) is 0. The van der Waals surface area contributed by atoms with E-state index in [0.717, 1.165) is 38.5 Å². The molecule has 0 bridgehead atoms. The molecule has 0 aliphatic heterocycles. The van der Waals surface area contributed by atoms with Crippen molar-refractivity contribution in [3.8, 4) is 0 Å². The highest BCUT2D eigenvalue weighted by molar-refractivity contribution is 5.70. The van der Waals surface area contributed by atoms with E-state index in [9.17, 15) is 19.5 Å². The number of unbranched alkanes of at least 4 members (excludes halogenated alkanes) is 29. The molecular weight excluding hydrogens is 691 g/mol. The molecule has 0 radical (unpaired) electrons. The molecule has 0 aromatic rings. The van der Waals surface area contributed by atoms with Crippen LogP contribution in [-0.2, 0) is 28.6 Å². The second-order valence-electron chi connectivity index (χ2n) is 17.4. The van der Waals surface area contributed by atoms with Crippen LogP contribution in [0.15, 0.2) is 0 Å². The minimum Gasteiger partial charge on any atom is -0.544 e. The molecule has 0 aromatic carbocycles. The third-order valence-corrected chi connectivity index (χ3v) is 11.0. The van der Waals surface area contributed by atoms with Gasteiger partial charge in [-0.15, -0.1) is 0 Å². The summed E-state index contributed by atoms with van der Waals surface area (Å²) in [6.07, 6.45) is 39.8. The van der Waals surface area contributed by atoms with Crippen molar-refractivity contribution in [3.63, 3.8) is 0 Å². The Morgan fingerprint density at radius 1 is 0.473 bits per heavy atom. The Bertz CT molecular complexity index is 874. The zero-order chi connectivity index (χ0) is 40.7. The SMILES string of the molecule is CCCCCCCCCCCCCCCCCCCC(=O)OCC(COCCC(C(=O)[O-])[N+](C)(C)C)OC(=O)CCCCCCCCCCCCCCCC. The van der Waals surface area contributed by atoms with E-state index in [1.165, 1.54) is 161 Å². The lowest BCUT2D eigenvalue weighted by Gasteiger charge is -2.34. The maximum absolute atomic E-state index is 12.7. The molecule has 0 aliphatic carbocycles. The highest BCUT2D eigenvalue weighted by Gasteiger charge is 2.25. The van der Waals surface area contributed by atoms with Gasteiger partial charge < -0.3 is 28.6 Å². The van der Waals surface area contributed by atoms with Crippen LogP contribution in [0.25, 0.3) is 0 Å². The smallest absolute Gasteiger partial charge is 0.306 e. The molecule has 0 heterocycles. The number of ether oxygens (including phenoxy) is 3. The quantitative estimate of drug-likeness (QED) is 0.0345. The van der Waals surface area contributed by atoms with Crippen LogP contribution >= 0.6 is 0 Å².